The second-order valence-corrected chi connectivity index (χ2v) is 5.94. The Balaban J connectivity index is 2.19. The Bertz CT molecular complexity index is 579. The van der Waals surface area contributed by atoms with Gasteiger partial charge in [-0.25, -0.2) is 4.98 Å². The van der Waals surface area contributed by atoms with Crippen LogP contribution in [-0.2, 0) is 6.42 Å². The molecule has 0 fully saturated rings. The molecule has 0 unspecified atom stereocenters. The van der Waals surface area contributed by atoms with Gasteiger partial charge in [-0.1, -0.05) is 12.1 Å². The van der Waals surface area contributed by atoms with Crippen molar-refractivity contribution in [3.8, 4) is 0 Å². The van der Waals surface area contributed by atoms with Crippen molar-refractivity contribution < 1.29 is 4.79 Å². The Morgan fingerprint density at radius 1 is 1.17 bits per heavy atom. The van der Waals surface area contributed by atoms with Gasteiger partial charge in [-0.3, -0.25) is 4.79 Å². The molecule has 0 amide bonds. The Morgan fingerprint density at radius 2 is 1.89 bits per heavy atom. The molecule has 2 rings (SSSR count). The fourth-order valence-corrected chi connectivity index (χ4v) is 2.70. The first-order valence-corrected chi connectivity index (χ1v) is 6.82. The van der Waals surface area contributed by atoms with Crippen molar-refractivity contribution in [3.05, 3.63) is 50.5 Å². The molecule has 0 aliphatic rings. The lowest BCUT2D eigenvalue weighted by atomic mass is 10.0. The lowest BCUT2D eigenvalue weighted by Gasteiger charge is -2.03. The number of hydrogen-bond acceptors (Lipinski definition) is 3. The number of ketones is 1. The van der Waals surface area contributed by atoms with Gasteiger partial charge in [0.05, 0.1) is 12.1 Å². The second-order valence-electron chi connectivity index (χ2n) is 4.65. The Morgan fingerprint density at radius 3 is 2.44 bits per heavy atom. The normalized spacial score (nSPS) is 10.7. The molecule has 0 aliphatic carbocycles. The number of carbonyl (C=O) groups is 1. The van der Waals surface area contributed by atoms with Crippen molar-refractivity contribution in [3.63, 3.8) is 0 Å². The van der Waals surface area contributed by atoms with Crippen LogP contribution in [0.15, 0.2) is 18.2 Å². The minimum absolute atomic E-state index is 0.145. The van der Waals surface area contributed by atoms with Crippen LogP contribution in [0, 0.1) is 27.7 Å². The molecule has 1 aromatic heterocycles. The summed E-state index contributed by atoms with van der Waals surface area (Å²) in [5.74, 6) is 0.145. The van der Waals surface area contributed by atoms with Gasteiger partial charge in [0, 0.05) is 10.4 Å². The summed E-state index contributed by atoms with van der Waals surface area (Å²) < 4.78 is 0. The van der Waals surface area contributed by atoms with Crippen LogP contribution in [0.4, 0.5) is 0 Å². The van der Waals surface area contributed by atoms with E-state index in [9.17, 15) is 4.79 Å². The molecule has 0 spiro atoms. The molecule has 1 heterocycles. The molecule has 0 saturated heterocycles. The zero-order chi connectivity index (χ0) is 13.3. The van der Waals surface area contributed by atoms with E-state index in [1.54, 1.807) is 11.3 Å². The summed E-state index contributed by atoms with van der Waals surface area (Å²) in [5, 5.41) is 0.910. The molecule has 0 N–H and O–H groups in total. The van der Waals surface area contributed by atoms with Crippen molar-refractivity contribution >= 4 is 17.1 Å². The average Bonchev–Trinajstić information content (AvgIpc) is 2.61. The predicted molar refractivity (Wildman–Crippen MR) is 75.5 cm³/mol. The van der Waals surface area contributed by atoms with E-state index in [2.05, 4.69) is 11.9 Å². The first-order chi connectivity index (χ1) is 8.47. The molecule has 1 aromatic carbocycles. The highest BCUT2D eigenvalue weighted by Crippen LogP contribution is 2.19. The molecule has 2 nitrogen and oxygen atoms in total. The summed E-state index contributed by atoms with van der Waals surface area (Å²) in [5.41, 5.74) is 4.19. The van der Waals surface area contributed by atoms with Crippen LogP contribution in [-0.4, -0.2) is 10.8 Å². The highest BCUT2D eigenvalue weighted by atomic mass is 32.1. The van der Waals surface area contributed by atoms with Crippen LogP contribution >= 0.6 is 11.3 Å². The van der Waals surface area contributed by atoms with Gasteiger partial charge in [-0.15, -0.1) is 11.3 Å². The molecule has 0 aliphatic heterocycles. The molecule has 0 bridgehead atoms. The largest absolute Gasteiger partial charge is 0.294 e. The molecule has 0 radical (unpaired) electrons. The molecular weight excluding hydrogens is 242 g/mol. The monoisotopic (exact) mass is 259 g/mol. The number of thiazole rings is 1. The van der Waals surface area contributed by atoms with E-state index in [0.29, 0.717) is 6.42 Å². The van der Waals surface area contributed by atoms with E-state index < -0.39 is 0 Å². The predicted octanol–water partition coefficient (Wildman–Crippen LogP) is 3.80. The third-order valence-corrected chi connectivity index (χ3v) is 4.29. The number of carbonyl (C=O) groups excluding carboxylic acids is 1. The number of rotatable bonds is 3. The molecule has 3 heteroatoms. The zero-order valence-electron chi connectivity index (χ0n) is 11.2. The third kappa shape index (κ3) is 2.67. The van der Waals surface area contributed by atoms with E-state index in [1.165, 1.54) is 10.4 Å². The van der Waals surface area contributed by atoms with Crippen LogP contribution in [0.5, 0.6) is 0 Å². The minimum atomic E-state index is 0.145. The summed E-state index contributed by atoms with van der Waals surface area (Å²) in [6.45, 7) is 8.10. The van der Waals surface area contributed by atoms with Gasteiger partial charge in [0.25, 0.3) is 0 Å². The number of aryl methyl sites for hydroxylation is 4. The highest BCUT2D eigenvalue weighted by molar-refractivity contribution is 7.11. The summed E-state index contributed by atoms with van der Waals surface area (Å²) in [4.78, 5) is 17.8. The fraction of sp³-hybridized carbons (Fsp3) is 0.333. The van der Waals surface area contributed by atoms with E-state index in [-0.39, 0.29) is 5.78 Å². The van der Waals surface area contributed by atoms with Crippen molar-refractivity contribution in [2.45, 2.75) is 34.1 Å². The summed E-state index contributed by atoms with van der Waals surface area (Å²) >= 11 is 1.61. The number of Topliss-reactive ketones (excluding diaryl/α,β-unsaturated/α-hetero) is 1. The lowest BCUT2D eigenvalue weighted by molar-refractivity contribution is 0.0993. The third-order valence-electron chi connectivity index (χ3n) is 3.21. The smallest absolute Gasteiger partial charge is 0.169 e. The van der Waals surface area contributed by atoms with Crippen molar-refractivity contribution in [2.24, 2.45) is 0 Å². The van der Waals surface area contributed by atoms with Gasteiger partial charge in [0.15, 0.2) is 5.78 Å². The number of benzene rings is 1. The maximum Gasteiger partial charge on any atom is 0.169 e. The maximum absolute atomic E-state index is 12.2. The van der Waals surface area contributed by atoms with Crippen LogP contribution in [0.2, 0.25) is 0 Å². The topological polar surface area (TPSA) is 30.0 Å². The van der Waals surface area contributed by atoms with Gasteiger partial charge < -0.3 is 0 Å². The number of hydrogen-bond donors (Lipinski definition) is 0. The Kier molecular flexibility index (Phi) is 3.62. The number of aromatic nitrogens is 1. The van der Waals surface area contributed by atoms with E-state index >= 15 is 0 Å². The van der Waals surface area contributed by atoms with Gasteiger partial charge >= 0.3 is 0 Å². The highest BCUT2D eigenvalue weighted by Gasteiger charge is 2.11. The van der Waals surface area contributed by atoms with E-state index in [4.69, 9.17) is 0 Å². The van der Waals surface area contributed by atoms with E-state index in [0.717, 1.165) is 21.8 Å². The van der Waals surface area contributed by atoms with Gasteiger partial charge in [0.1, 0.15) is 5.01 Å². The second kappa shape index (κ2) is 5.02. The molecule has 2 aromatic rings. The molecule has 94 valence electrons. The quantitative estimate of drug-likeness (QED) is 0.785. The molecule has 18 heavy (non-hydrogen) atoms. The van der Waals surface area contributed by atoms with Gasteiger partial charge in [-0.05, 0) is 44.9 Å². The van der Waals surface area contributed by atoms with Gasteiger partial charge in [0.2, 0.25) is 0 Å². The minimum Gasteiger partial charge on any atom is -0.294 e. The SMILES string of the molecule is Cc1ccc(C(=O)Cc2nc(C)c(C)s2)cc1C. The van der Waals surface area contributed by atoms with Crippen molar-refractivity contribution in [2.75, 3.05) is 0 Å². The van der Waals surface area contributed by atoms with Crippen LogP contribution in [0.3, 0.4) is 0 Å². The van der Waals surface area contributed by atoms with Crippen molar-refractivity contribution in [1.82, 2.24) is 4.98 Å². The number of nitrogens with zero attached hydrogens (tertiary/aromatic N) is 1. The van der Waals surface area contributed by atoms with E-state index in [1.807, 2.05) is 39.0 Å². The fourth-order valence-electron chi connectivity index (χ4n) is 1.77. The average molecular weight is 259 g/mol. The van der Waals surface area contributed by atoms with Crippen LogP contribution in [0.25, 0.3) is 0 Å². The summed E-state index contributed by atoms with van der Waals surface area (Å²) in [6, 6.07) is 5.86. The van der Waals surface area contributed by atoms with Crippen LogP contribution < -0.4 is 0 Å². The zero-order valence-corrected chi connectivity index (χ0v) is 12.0. The molecule has 0 atom stereocenters. The first-order valence-electron chi connectivity index (χ1n) is 6.00. The molecule has 0 saturated carbocycles. The Hall–Kier alpha value is -1.48. The first kappa shape index (κ1) is 13.0. The standard InChI is InChI=1S/C15H17NOS/c1-9-5-6-13(7-10(9)2)14(17)8-15-16-11(3)12(4)18-15/h5-7H,8H2,1-4H3. The summed E-state index contributed by atoms with van der Waals surface area (Å²) in [7, 11) is 0. The van der Waals surface area contributed by atoms with Crippen LogP contribution in [0.1, 0.15) is 37.1 Å². The molecular formula is C15H17NOS. The van der Waals surface area contributed by atoms with Gasteiger partial charge in [-0.2, -0.15) is 0 Å². The summed E-state index contributed by atoms with van der Waals surface area (Å²) in [6.07, 6.45) is 0.405. The lowest BCUT2D eigenvalue weighted by Crippen LogP contribution is -2.04. The maximum atomic E-state index is 12.2. The Labute approximate surface area is 112 Å². The van der Waals surface area contributed by atoms with Crippen molar-refractivity contribution in [1.29, 1.82) is 0 Å².